The molecule has 0 aromatic heterocycles. The molecule has 2 rings (SSSR count). The molecular weight excluding hydrogens is 264 g/mol. The highest BCUT2D eigenvalue weighted by molar-refractivity contribution is 7.89. The molecule has 0 unspecified atom stereocenters. The first-order valence-electron chi connectivity index (χ1n) is 6.09. The Labute approximate surface area is 113 Å². The van der Waals surface area contributed by atoms with Crippen molar-refractivity contribution in [1.82, 2.24) is 4.72 Å². The molecule has 19 heavy (non-hydrogen) atoms. The van der Waals surface area contributed by atoms with Gasteiger partial charge < -0.3 is 4.84 Å². The van der Waals surface area contributed by atoms with Gasteiger partial charge in [0.05, 0.1) is 17.2 Å². The SMILES string of the molecule is CC1=NO[C@@](C)(CNS(=O)(=O)c2cccc(C)c2)C1. The van der Waals surface area contributed by atoms with Crippen LogP contribution in [0.1, 0.15) is 25.8 Å². The predicted molar refractivity (Wildman–Crippen MR) is 73.6 cm³/mol. The second-order valence-electron chi connectivity index (χ2n) is 5.19. The molecule has 1 aromatic rings. The smallest absolute Gasteiger partial charge is 0.240 e. The Morgan fingerprint density at radius 1 is 1.42 bits per heavy atom. The lowest BCUT2D eigenvalue weighted by Gasteiger charge is -2.21. The van der Waals surface area contributed by atoms with E-state index < -0.39 is 15.6 Å². The quantitative estimate of drug-likeness (QED) is 0.916. The van der Waals surface area contributed by atoms with Crippen LogP contribution in [0, 0.1) is 6.92 Å². The van der Waals surface area contributed by atoms with E-state index in [1.807, 2.05) is 26.8 Å². The van der Waals surface area contributed by atoms with Crippen LogP contribution in [0.5, 0.6) is 0 Å². The summed E-state index contributed by atoms with van der Waals surface area (Å²) in [4.78, 5) is 5.54. The summed E-state index contributed by atoms with van der Waals surface area (Å²) in [5.74, 6) is 0. The van der Waals surface area contributed by atoms with E-state index in [0.717, 1.165) is 11.3 Å². The zero-order valence-electron chi connectivity index (χ0n) is 11.3. The third kappa shape index (κ3) is 3.33. The van der Waals surface area contributed by atoms with Gasteiger partial charge >= 0.3 is 0 Å². The van der Waals surface area contributed by atoms with Crippen molar-refractivity contribution in [2.45, 2.75) is 37.7 Å². The van der Waals surface area contributed by atoms with Gasteiger partial charge in [-0.1, -0.05) is 17.3 Å². The molecule has 0 saturated heterocycles. The monoisotopic (exact) mass is 282 g/mol. The molecule has 0 aliphatic carbocycles. The third-order valence-electron chi connectivity index (χ3n) is 2.99. The number of sulfonamides is 1. The predicted octanol–water partition coefficient (Wildman–Crippen LogP) is 1.83. The van der Waals surface area contributed by atoms with E-state index in [4.69, 9.17) is 4.84 Å². The lowest BCUT2D eigenvalue weighted by molar-refractivity contribution is 0.00146. The summed E-state index contributed by atoms with van der Waals surface area (Å²) in [5, 5.41) is 3.86. The zero-order valence-corrected chi connectivity index (χ0v) is 12.1. The van der Waals surface area contributed by atoms with Crippen molar-refractivity contribution in [1.29, 1.82) is 0 Å². The maximum atomic E-state index is 12.2. The third-order valence-corrected chi connectivity index (χ3v) is 4.39. The standard InChI is InChI=1S/C13H18N2O3S/c1-10-5-4-6-12(7-10)19(16,17)14-9-13(3)8-11(2)15-18-13/h4-7,14H,8-9H2,1-3H3/t13-/m1/s1. The van der Waals surface area contributed by atoms with E-state index in [9.17, 15) is 8.42 Å². The molecule has 1 aliphatic heterocycles. The molecule has 0 amide bonds. The van der Waals surface area contributed by atoms with E-state index in [1.54, 1.807) is 18.2 Å². The van der Waals surface area contributed by atoms with Crippen LogP contribution in [0.4, 0.5) is 0 Å². The van der Waals surface area contributed by atoms with Crippen LogP contribution in [-0.4, -0.2) is 26.3 Å². The largest absolute Gasteiger partial charge is 0.388 e. The number of nitrogens with one attached hydrogen (secondary N) is 1. The van der Waals surface area contributed by atoms with Gasteiger partial charge in [-0.3, -0.25) is 0 Å². The van der Waals surface area contributed by atoms with Gasteiger partial charge in [-0.15, -0.1) is 0 Å². The van der Waals surface area contributed by atoms with Gasteiger partial charge in [0.25, 0.3) is 0 Å². The van der Waals surface area contributed by atoms with Crippen molar-refractivity contribution in [3.8, 4) is 0 Å². The van der Waals surface area contributed by atoms with Crippen molar-refractivity contribution in [2.24, 2.45) is 5.16 Å². The lowest BCUT2D eigenvalue weighted by atomic mass is 10.0. The van der Waals surface area contributed by atoms with E-state index in [1.165, 1.54) is 0 Å². The van der Waals surface area contributed by atoms with E-state index >= 15 is 0 Å². The lowest BCUT2D eigenvalue weighted by Crippen LogP contribution is -2.40. The minimum Gasteiger partial charge on any atom is -0.388 e. The Kier molecular flexibility index (Phi) is 3.64. The molecule has 1 atom stereocenters. The molecule has 0 spiro atoms. The van der Waals surface area contributed by atoms with E-state index in [0.29, 0.717) is 6.42 Å². The van der Waals surface area contributed by atoms with Gasteiger partial charge in [0.15, 0.2) is 5.60 Å². The molecule has 104 valence electrons. The van der Waals surface area contributed by atoms with Crippen molar-refractivity contribution in [2.75, 3.05) is 6.54 Å². The van der Waals surface area contributed by atoms with Gasteiger partial charge in [-0.05, 0) is 38.5 Å². The summed E-state index contributed by atoms with van der Waals surface area (Å²) < 4.78 is 26.9. The first kappa shape index (κ1) is 14.0. The Balaban J connectivity index is 2.07. The maximum Gasteiger partial charge on any atom is 0.240 e. The first-order chi connectivity index (χ1) is 8.81. The molecule has 1 aromatic carbocycles. The Hall–Kier alpha value is -1.40. The maximum absolute atomic E-state index is 12.2. The summed E-state index contributed by atoms with van der Waals surface area (Å²) in [7, 11) is -3.51. The fourth-order valence-corrected chi connectivity index (χ4v) is 3.26. The van der Waals surface area contributed by atoms with Crippen LogP contribution in [0.3, 0.4) is 0 Å². The molecule has 1 N–H and O–H groups in total. The molecule has 0 saturated carbocycles. The molecular formula is C13H18N2O3S. The van der Waals surface area contributed by atoms with Gasteiger partial charge in [-0.2, -0.15) is 0 Å². The average molecular weight is 282 g/mol. The summed E-state index contributed by atoms with van der Waals surface area (Å²) in [6.45, 7) is 5.76. The van der Waals surface area contributed by atoms with Gasteiger partial charge in [0, 0.05) is 6.42 Å². The minimum atomic E-state index is -3.51. The molecule has 0 bridgehead atoms. The van der Waals surface area contributed by atoms with Crippen molar-refractivity contribution >= 4 is 15.7 Å². The normalized spacial score (nSPS) is 23.0. The Bertz CT molecular complexity index is 610. The number of aryl methyl sites for hydroxylation is 1. The summed E-state index contributed by atoms with van der Waals surface area (Å²) in [6.07, 6.45) is 0.628. The summed E-state index contributed by atoms with van der Waals surface area (Å²) >= 11 is 0. The first-order valence-corrected chi connectivity index (χ1v) is 7.57. The molecule has 0 radical (unpaired) electrons. The number of oxime groups is 1. The van der Waals surface area contributed by atoms with Crippen LogP contribution in [-0.2, 0) is 14.9 Å². The van der Waals surface area contributed by atoms with Crippen LogP contribution in [0.2, 0.25) is 0 Å². The summed E-state index contributed by atoms with van der Waals surface area (Å²) in [6, 6.07) is 6.80. The van der Waals surface area contributed by atoms with E-state index in [-0.39, 0.29) is 11.4 Å². The molecule has 1 aliphatic rings. The minimum absolute atomic E-state index is 0.199. The van der Waals surface area contributed by atoms with Crippen LogP contribution >= 0.6 is 0 Å². The second-order valence-corrected chi connectivity index (χ2v) is 6.95. The van der Waals surface area contributed by atoms with Gasteiger partial charge in [-0.25, -0.2) is 13.1 Å². The second kappa shape index (κ2) is 4.94. The van der Waals surface area contributed by atoms with Crippen molar-refractivity contribution in [3.63, 3.8) is 0 Å². The Morgan fingerprint density at radius 3 is 2.74 bits per heavy atom. The zero-order chi connectivity index (χ0) is 14.1. The highest BCUT2D eigenvalue weighted by Crippen LogP contribution is 2.23. The summed E-state index contributed by atoms with van der Waals surface area (Å²) in [5.41, 5.74) is 1.18. The molecule has 1 heterocycles. The van der Waals surface area contributed by atoms with Crippen LogP contribution < -0.4 is 4.72 Å². The number of nitrogens with zero attached hydrogens (tertiary/aromatic N) is 1. The number of benzene rings is 1. The fraction of sp³-hybridized carbons (Fsp3) is 0.462. The van der Waals surface area contributed by atoms with E-state index in [2.05, 4.69) is 9.88 Å². The van der Waals surface area contributed by atoms with Crippen LogP contribution in [0.25, 0.3) is 0 Å². The van der Waals surface area contributed by atoms with Crippen LogP contribution in [0.15, 0.2) is 34.3 Å². The highest BCUT2D eigenvalue weighted by atomic mass is 32.2. The van der Waals surface area contributed by atoms with Crippen molar-refractivity contribution < 1.29 is 13.3 Å². The molecule has 0 fully saturated rings. The molecule has 6 heteroatoms. The van der Waals surface area contributed by atoms with Gasteiger partial charge in [0.2, 0.25) is 10.0 Å². The highest BCUT2D eigenvalue weighted by Gasteiger charge is 2.34. The fourth-order valence-electron chi connectivity index (χ4n) is 2.00. The number of hydrogen-bond acceptors (Lipinski definition) is 4. The van der Waals surface area contributed by atoms with Gasteiger partial charge in [0.1, 0.15) is 0 Å². The number of rotatable bonds is 4. The average Bonchev–Trinajstić information content (AvgIpc) is 2.68. The topological polar surface area (TPSA) is 67.8 Å². The van der Waals surface area contributed by atoms with Crippen molar-refractivity contribution in [3.05, 3.63) is 29.8 Å². The molecule has 5 nitrogen and oxygen atoms in total. The number of hydrogen-bond donors (Lipinski definition) is 1. The Morgan fingerprint density at radius 2 is 2.16 bits per heavy atom.